The summed E-state index contributed by atoms with van der Waals surface area (Å²) < 4.78 is 9.51. The lowest BCUT2D eigenvalue weighted by atomic mass is 10.2. The Kier molecular flexibility index (Phi) is 3.02. The molecule has 0 radical (unpaired) electrons. The molecule has 0 bridgehead atoms. The summed E-state index contributed by atoms with van der Waals surface area (Å²) in [5.74, 6) is -0.000177. The van der Waals surface area contributed by atoms with E-state index in [1.54, 1.807) is 12.1 Å². The van der Waals surface area contributed by atoms with Crippen LogP contribution >= 0.6 is 0 Å². The molecule has 0 aromatic carbocycles. The zero-order valence-electron chi connectivity index (χ0n) is 8.29. The maximum Gasteiger partial charge on any atom is 0.273 e. The van der Waals surface area contributed by atoms with Crippen LogP contribution in [-0.4, -0.2) is 22.7 Å². The van der Waals surface area contributed by atoms with Crippen LogP contribution in [0.4, 0.5) is 0 Å². The van der Waals surface area contributed by atoms with Crippen molar-refractivity contribution >= 4 is 5.91 Å². The maximum atomic E-state index is 11.4. The summed E-state index contributed by atoms with van der Waals surface area (Å²) in [6.45, 7) is 0.0548. The Bertz CT molecular complexity index is 435. The van der Waals surface area contributed by atoms with Gasteiger partial charge in [-0.3, -0.25) is 4.79 Å². The van der Waals surface area contributed by atoms with Gasteiger partial charge in [0.1, 0.15) is 18.1 Å². The molecule has 1 unspecified atom stereocenters. The molecule has 1 amide bonds. The molecule has 0 fully saturated rings. The second-order valence-electron chi connectivity index (χ2n) is 3.13. The van der Waals surface area contributed by atoms with Crippen molar-refractivity contribution in [3.63, 3.8) is 0 Å². The van der Waals surface area contributed by atoms with Gasteiger partial charge in [-0.25, -0.2) is 0 Å². The van der Waals surface area contributed by atoms with Crippen LogP contribution in [0.25, 0.3) is 0 Å². The smallest absolute Gasteiger partial charge is 0.273 e. The van der Waals surface area contributed by atoms with Gasteiger partial charge < -0.3 is 19.4 Å². The van der Waals surface area contributed by atoms with Gasteiger partial charge in [-0.15, -0.1) is 0 Å². The van der Waals surface area contributed by atoms with Crippen molar-refractivity contribution in [2.24, 2.45) is 0 Å². The van der Waals surface area contributed by atoms with E-state index in [0.717, 1.165) is 0 Å². The highest BCUT2D eigenvalue weighted by Gasteiger charge is 2.14. The van der Waals surface area contributed by atoms with E-state index in [4.69, 9.17) is 4.42 Å². The minimum atomic E-state index is -0.870. The maximum absolute atomic E-state index is 11.4. The molecular weight excluding hydrogens is 212 g/mol. The summed E-state index contributed by atoms with van der Waals surface area (Å²) in [5, 5.41) is 15.6. The number of nitrogens with zero attached hydrogens (tertiary/aromatic N) is 1. The van der Waals surface area contributed by atoms with Crippen molar-refractivity contribution in [2.45, 2.75) is 6.10 Å². The third-order valence-corrected chi connectivity index (χ3v) is 2.00. The Balaban J connectivity index is 1.86. The van der Waals surface area contributed by atoms with E-state index in [1.807, 2.05) is 0 Å². The summed E-state index contributed by atoms with van der Waals surface area (Å²) >= 11 is 0. The zero-order valence-corrected chi connectivity index (χ0v) is 8.29. The van der Waals surface area contributed by atoms with Crippen molar-refractivity contribution in [3.8, 4) is 0 Å². The number of rotatable bonds is 4. The predicted octanol–water partition coefficient (Wildman–Crippen LogP) is 0.731. The van der Waals surface area contributed by atoms with Gasteiger partial charge in [0, 0.05) is 6.07 Å². The average molecular weight is 222 g/mol. The molecule has 6 heteroatoms. The molecule has 0 saturated heterocycles. The van der Waals surface area contributed by atoms with Gasteiger partial charge in [0.25, 0.3) is 5.91 Å². The van der Waals surface area contributed by atoms with Crippen LogP contribution < -0.4 is 5.32 Å². The van der Waals surface area contributed by atoms with Crippen LogP contribution in [0.15, 0.2) is 39.7 Å². The van der Waals surface area contributed by atoms with Gasteiger partial charge in [0.15, 0.2) is 5.69 Å². The number of aromatic nitrogens is 1. The fourth-order valence-electron chi connectivity index (χ4n) is 1.19. The third kappa shape index (κ3) is 2.29. The number of aliphatic hydroxyl groups excluding tert-OH is 1. The fourth-order valence-corrected chi connectivity index (χ4v) is 1.19. The van der Waals surface area contributed by atoms with Crippen LogP contribution in [0.1, 0.15) is 22.4 Å². The summed E-state index contributed by atoms with van der Waals surface area (Å²) in [6, 6.07) is 4.74. The molecule has 2 rings (SSSR count). The average Bonchev–Trinajstić information content (AvgIpc) is 2.95. The summed E-state index contributed by atoms with van der Waals surface area (Å²) in [6.07, 6.45) is 1.89. The molecule has 6 nitrogen and oxygen atoms in total. The molecule has 0 saturated carbocycles. The van der Waals surface area contributed by atoms with E-state index < -0.39 is 12.0 Å². The normalized spacial score (nSPS) is 12.3. The van der Waals surface area contributed by atoms with E-state index in [0.29, 0.717) is 5.76 Å². The van der Waals surface area contributed by atoms with E-state index in [2.05, 4.69) is 15.0 Å². The van der Waals surface area contributed by atoms with Crippen LogP contribution in [0.2, 0.25) is 0 Å². The van der Waals surface area contributed by atoms with E-state index in [1.165, 1.54) is 18.6 Å². The molecule has 0 aliphatic carbocycles. The zero-order chi connectivity index (χ0) is 11.4. The molecule has 84 valence electrons. The topological polar surface area (TPSA) is 88.5 Å². The van der Waals surface area contributed by atoms with Gasteiger partial charge in [-0.1, -0.05) is 5.16 Å². The highest BCUT2D eigenvalue weighted by atomic mass is 16.5. The number of nitrogens with one attached hydrogen (secondary N) is 1. The van der Waals surface area contributed by atoms with Gasteiger partial charge in [0.05, 0.1) is 12.8 Å². The SMILES string of the molecule is O=C(NCC(O)c1ccco1)c1ccon1. The van der Waals surface area contributed by atoms with Crippen LogP contribution in [0, 0.1) is 0 Å². The number of furan rings is 1. The molecular formula is C10H10N2O4. The number of amides is 1. The number of hydrogen-bond donors (Lipinski definition) is 2. The van der Waals surface area contributed by atoms with E-state index in [-0.39, 0.29) is 12.2 Å². The van der Waals surface area contributed by atoms with Gasteiger partial charge >= 0.3 is 0 Å². The summed E-state index contributed by atoms with van der Waals surface area (Å²) in [7, 11) is 0. The van der Waals surface area contributed by atoms with Crippen LogP contribution in [0.5, 0.6) is 0 Å². The Labute approximate surface area is 90.8 Å². The Hall–Kier alpha value is -2.08. The molecule has 0 spiro atoms. The van der Waals surface area contributed by atoms with Crippen molar-refractivity contribution in [1.82, 2.24) is 10.5 Å². The van der Waals surface area contributed by atoms with Crippen molar-refractivity contribution in [2.75, 3.05) is 6.54 Å². The van der Waals surface area contributed by atoms with E-state index in [9.17, 15) is 9.90 Å². The lowest BCUT2D eigenvalue weighted by Crippen LogP contribution is -2.28. The highest BCUT2D eigenvalue weighted by Crippen LogP contribution is 2.11. The molecule has 2 heterocycles. The number of carbonyl (C=O) groups is 1. The van der Waals surface area contributed by atoms with Crippen molar-refractivity contribution in [3.05, 3.63) is 42.2 Å². The first-order chi connectivity index (χ1) is 7.77. The standard InChI is InChI=1S/C10H10N2O4/c13-8(9-2-1-4-15-9)6-11-10(14)7-3-5-16-12-7/h1-5,8,13H,6H2,(H,11,14). The Morgan fingerprint density at radius 3 is 3.00 bits per heavy atom. The first kappa shape index (κ1) is 10.4. The quantitative estimate of drug-likeness (QED) is 0.796. The minimum absolute atomic E-state index is 0.0548. The molecule has 0 aliphatic rings. The highest BCUT2D eigenvalue weighted by molar-refractivity contribution is 5.91. The van der Waals surface area contributed by atoms with Gasteiger partial charge in [0.2, 0.25) is 0 Å². The minimum Gasteiger partial charge on any atom is -0.467 e. The molecule has 2 N–H and O–H groups in total. The lowest BCUT2D eigenvalue weighted by Gasteiger charge is -2.07. The van der Waals surface area contributed by atoms with E-state index >= 15 is 0 Å². The van der Waals surface area contributed by atoms with Gasteiger partial charge in [-0.05, 0) is 12.1 Å². The summed E-state index contributed by atoms with van der Waals surface area (Å²) in [5.41, 5.74) is 0.173. The monoisotopic (exact) mass is 222 g/mol. The molecule has 1 atom stereocenters. The molecule has 2 aromatic heterocycles. The first-order valence-electron chi connectivity index (χ1n) is 4.67. The van der Waals surface area contributed by atoms with Crippen molar-refractivity contribution in [1.29, 1.82) is 0 Å². The first-order valence-corrected chi connectivity index (χ1v) is 4.67. The Morgan fingerprint density at radius 1 is 1.50 bits per heavy atom. The second-order valence-corrected chi connectivity index (χ2v) is 3.13. The number of carbonyl (C=O) groups excluding carboxylic acids is 1. The number of aliphatic hydroxyl groups is 1. The third-order valence-electron chi connectivity index (χ3n) is 2.00. The largest absolute Gasteiger partial charge is 0.467 e. The second kappa shape index (κ2) is 4.63. The molecule has 16 heavy (non-hydrogen) atoms. The Morgan fingerprint density at radius 2 is 2.38 bits per heavy atom. The number of hydrogen-bond acceptors (Lipinski definition) is 5. The van der Waals surface area contributed by atoms with Gasteiger partial charge in [-0.2, -0.15) is 0 Å². The molecule has 0 aliphatic heterocycles. The summed E-state index contributed by atoms with van der Waals surface area (Å²) in [4.78, 5) is 11.4. The van der Waals surface area contributed by atoms with Crippen LogP contribution in [-0.2, 0) is 0 Å². The van der Waals surface area contributed by atoms with Crippen molar-refractivity contribution < 1.29 is 18.8 Å². The molecule has 2 aromatic rings. The lowest BCUT2D eigenvalue weighted by molar-refractivity contribution is 0.0892. The van der Waals surface area contributed by atoms with Crippen LogP contribution in [0.3, 0.4) is 0 Å². The predicted molar refractivity (Wildman–Crippen MR) is 52.5 cm³/mol. The fraction of sp³-hybridized carbons (Fsp3) is 0.200.